The average Bonchev–Trinajstić information content (AvgIpc) is 2.66. The molecule has 2 aromatic carbocycles. The quantitative estimate of drug-likeness (QED) is 0.483. The minimum absolute atomic E-state index is 0.120. The van der Waals surface area contributed by atoms with Crippen LogP contribution < -0.4 is 10.3 Å². The lowest BCUT2D eigenvalue weighted by atomic mass is 10.2. The van der Waals surface area contributed by atoms with E-state index in [0.717, 1.165) is 0 Å². The van der Waals surface area contributed by atoms with E-state index in [4.69, 9.17) is 9.47 Å². The van der Waals surface area contributed by atoms with Gasteiger partial charge < -0.3 is 9.47 Å². The Kier molecular flexibility index (Phi) is 5.63. The van der Waals surface area contributed by atoms with Crippen LogP contribution in [0.15, 0.2) is 59.4 Å². The van der Waals surface area contributed by atoms with Crippen molar-refractivity contribution in [3.05, 3.63) is 70.8 Å². The summed E-state index contributed by atoms with van der Waals surface area (Å²) in [5.74, 6) is 0.920. The molecule has 6 nitrogen and oxygen atoms in total. The highest BCUT2D eigenvalue weighted by Crippen LogP contribution is 2.13. The van der Waals surface area contributed by atoms with E-state index in [1.54, 1.807) is 10.6 Å². The van der Waals surface area contributed by atoms with Crippen LogP contribution in [0.25, 0.3) is 10.9 Å². The van der Waals surface area contributed by atoms with Gasteiger partial charge in [-0.25, -0.2) is 4.98 Å². The smallest absolute Gasteiger partial charge is 0.302 e. The number of hydrogen-bond donors (Lipinski definition) is 0. The monoisotopic (exact) mass is 352 g/mol. The molecule has 0 spiro atoms. The van der Waals surface area contributed by atoms with E-state index in [0.29, 0.717) is 35.4 Å². The Bertz CT molecular complexity index is 951. The molecule has 0 fully saturated rings. The Morgan fingerprint density at radius 3 is 2.58 bits per heavy atom. The molecular formula is C20H20N2O4. The molecular weight excluding hydrogens is 332 g/mol. The lowest BCUT2D eigenvalue weighted by Gasteiger charge is -2.14. The van der Waals surface area contributed by atoms with Gasteiger partial charge in [0.05, 0.1) is 17.5 Å². The van der Waals surface area contributed by atoms with E-state index in [2.05, 4.69) is 4.98 Å². The van der Waals surface area contributed by atoms with E-state index >= 15 is 0 Å². The zero-order chi connectivity index (χ0) is 18.4. The van der Waals surface area contributed by atoms with Crippen molar-refractivity contribution in [3.8, 4) is 5.75 Å². The number of ether oxygens (including phenoxy) is 2. The van der Waals surface area contributed by atoms with Crippen LogP contribution >= 0.6 is 0 Å². The summed E-state index contributed by atoms with van der Waals surface area (Å²) >= 11 is 0. The van der Waals surface area contributed by atoms with E-state index < -0.39 is 0 Å². The number of hydrogen-bond acceptors (Lipinski definition) is 5. The maximum Gasteiger partial charge on any atom is 0.302 e. The fourth-order valence-corrected chi connectivity index (χ4v) is 2.66. The minimum atomic E-state index is -0.332. The van der Waals surface area contributed by atoms with Crippen molar-refractivity contribution in [1.82, 2.24) is 9.55 Å². The number of para-hydroxylation sites is 2. The topological polar surface area (TPSA) is 70.4 Å². The first-order valence-electron chi connectivity index (χ1n) is 8.45. The Morgan fingerprint density at radius 2 is 1.81 bits per heavy atom. The summed E-state index contributed by atoms with van der Waals surface area (Å²) in [6.45, 7) is 2.20. The molecule has 0 bridgehead atoms. The summed E-state index contributed by atoms with van der Waals surface area (Å²) in [4.78, 5) is 28.3. The second-order valence-corrected chi connectivity index (χ2v) is 5.80. The summed E-state index contributed by atoms with van der Waals surface area (Å²) in [5.41, 5.74) is 0.519. The molecule has 0 aliphatic rings. The number of benzene rings is 2. The summed E-state index contributed by atoms with van der Waals surface area (Å²) in [6.07, 6.45) is 0.526. The standard InChI is InChI=1S/C20H20N2O4/c1-15(23)25-13-7-12-22-19(14-26-16-8-3-2-4-9-16)21-18-11-6-5-10-17(18)20(22)24/h2-6,8-11H,7,12-14H2,1H3. The van der Waals surface area contributed by atoms with Crippen molar-refractivity contribution in [2.45, 2.75) is 26.5 Å². The second-order valence-electron chi connectivity index (χ2n) is 5.80. The fourth-order valence-electron chi connectivity index (χ4n) is 2.66. The lowest BCUT2D eigenvalue weighted by molar-refractivity contribution is -0.141. The molecule has 3 aromatic rings. The third-order valence-corrected chi connectivity index (χ3v) is 3.88. The van der Waals surface area contributed by atoms with E-state index in [1.165, 1.54) is 6.92 Å². The Balaban J connectivity index is 1.87. The molecule has 0 aliphatic heterocycles. The van der Waals surface area contributed by atoms with Crippen LogP contribution in [0, 0.1) is 0 Å². The van der Waals surface area contributed by atoms with Crippen molar-refractivity contribution < 1.29 is 14.3 Å². The molecule has 0 amide bonds. The third kappa shape index (κ3) is 4.27. The zero-order valence-corrected chi connectivity index (χ0v) is 14.6. The SMILES string of the molecule is CC(=O)OCCCn1c(COc2ccccc2)nc2ccccc2c1=O. The van der Waals surface area contributed by atoms with Crippen LogP contribution in [0.4, 0.5) is 0 Å². The van der Waals surface area contributed by atoms with Crippen LogP contribution in [-0.4, -0.2) is 22.1 Å². The van der Waals surface area contributed by atoms with Crippen molar-refractivity contribution in [1.29, 1.82) is 0 Å². The third-order valence-electron chi connectivity index (χ3n) is 3.88. The van der Waals surface area contributed by atoms with Gasteiger partial charge in [0.25, 0.3) is 5.56 Å². The molecule has 1 heterocycles. The van der Waals surface area contributed by atoms with Crippen LogP contribution in [0.2, 0.25) is 0 Å². The van der Waals surface area contributed by atoms with E-state index in [1.807, 2.05) is 48.5 Å². The molecule has 26 heavy (non-hydrogen) atoms. The maximum absolute atomic E-state index is 12.8. The van der Waals surface area contributed by atoms with Crippen LogP contribution in [0.3, 0.4) is 0 Å². The highest BCUT2D eigenvalue weighted by molar-refractivity contribution is 5.77. The molecule has 0 unspecified atom stereocenters. The first-order chi connectivity index (χ1) is 12.6. The Labute approximate surface area is 151 Å². The van der Waals surface area contributed by atoms with Gasteiger partial charge in [-0.1, -0.05) is 30.3 Å². The lowest BCUT2D eigenvalue weighted by Crippen LogP contribution is -2.27. The highest BCUT2D eigenvalue weighted by Gasteiger charge is 2.11. The van der Waals surface area contributed by atoms with Gasteiger partial charge in [-0.05, 0) is 30.7 Å². The molecule has 0 saturated heterocycles. The molecule has 3 rings (SSSR count). The molecule has 0 radical (unpaired) electrons. The fraction of sp³-hybridized carbons (Fsp3) is 0.250. The van der Waals surface area contributed by atoms with Crippen LogP contribution in [0.5, 0.6) is 5.75 Å². The Morgan fingerprint density at radius 1 is 1.08 bits per heavy atom. The highest BCUT2D eigenvalue weighted by atomic mass is 16.5. The van der Waals surface area contributed by atoms with Crippen molar-refractivity contribution >= 4 is 16.9 Å². The van der Waals surface area contributed by atoms with Crippen LogP contribution in [0.1, 0.15) is 19.2 Å². The van der Waals surface area contributed by atoms with Gasteiger partial charge in [0.15, 0.2) is 0 Å². The first kappa shape index (κ1) is 17.7. The van der Waals surface area contributed by atoms with Gasteiger partial charge in [-0.15, -0.1) is 0 Å². The summed E-state index contributed by atoms with van der Waals surface area (Å²) in [6, 6.07) is 16.6. The van der Waals surface area contributed by atoms with E-state index in [9.17, 15) is 9.59 Å². The predicted octanol–water partition coefficient (Wildman–Crippen LogP) is 2.93. The normalized spacial score (nSPS) is 10.7. The largest absolute Gasteiger partial charge is 0.486 e. The zero-order valence-electron chi connectivity index (χ0n) is 14.6. The molecule has 1 aromatic heterocycles. The number of fused-ring (bicyclic) bond motifs is 1. The predicted molar refractivity (Wildman–Crippen MR) is 98.0 cm³/mol. The number of carbonyl (C=O) groups excluding carboxylic acids is 1. The minimum Gasteiger partial charge on any atom is -0.486 e. The van der Waals surface area contributed by atoms with Gasteiger partial charge in [-0.2, -0.15) is 0 Å². The molecule has 0 atom stereocenters. The maximum atomic E-state index is 12.8. The van der Waals surface area contributed by atoms with Crippen LogP contribution in [-0.2, 0) is 22.7 Å². The summed E-state index contributed by atoms with van der Waals surface area (Å²) in [5, 5.41) is 0.559. The Hall–Kier alpha value is -3.15. The molecule has 0 N–H and O–H groups in total. The van der Waals surface area contributed by atoms with Crippen molar-refractivity contribution in [3.63, 3.8) is 0 Å². The first-order valence-corrected chi connectivity index (χ1v) is 8.45. The number of aromatic nitrogens is 2. The number of nitrogens with zero attached hydrogens (tertiary/aromatic N) is 2. The molecule has 0 saturated carbocycles. The number of esters is 1. The van der Waals surface area contributed by atoms with E-state index in [-0.39, 0.29) is 24.7 Å². The van der Waals surface area contributed by atoms with Gasteiger partial charge in [-0.3, -0.25) is 14.2 Å². The van der Waals surface area contributed by atoms with Gasteiger partial charge in [0.1, 0.15) is 18.2 Å². The number of carbonyl (C=O) groups is 1. The average molecular weight is 352 g/mol. The second kappa shape index (κ2) is 8.29. The van der Waals surface area contributed by atoms with Gasteiger partial charge >= 0.3 is 5.97 Å². The summed E-state index contributed by atoms with van der Waals surface area (Å²) < 4.78 is 12.3. The number of rotatable bonds is 7. The van der Waals surface area contributed by atoms with Gasteiger partial charge in [0, 0.05) is 13.5 Å². The molecule has 6 heteroatoms. The van der Waals surface area contributed by atoms with Crippen molar-refractivity contribution in [2.24, 2.45) is 0 Å². The molecule has 0 aliphatic carbocycles. The van der Waals surface area contributed by atoms with Gasteiger partial charge in [0.2, 0.25) is 0 Å². The molecule has 134 valence electrons. The summed E-state index contributed by atoms with van der Waals surface area (Å²) in [7, 11) is 0. The van der Waals surface area contributed by atoms with Crippen molar-refractivity contribution in [2.75, 3.05) is 6.61 Å².